The van der Waals surface area contributed by atoms with Gasteiger partial charge in [-0.1, -0.05) is 98.7 Å². The summed E-state index contributed by atoms with van der Waals surface area (Å²) in [4.78, 5) is 39.9. The molecule has 10 heteroatoms. The number of amides is 6. The Morgan fingerprint density at radius 3 is 0.857 bits per heavy atom. The summed E-state index contributed by atoms with van der Waals surface area (Å²) in [6.07, 6.45) is 0. The second-order valence-electron chi connectivity index (χ2n) is 15.5. The van der Waals surface area contributed by atoms with Gasteiger partial charge in [0.2, 0.25) is 0 Å². The number of benzene rings is 3. The number of hydrogen-bond acceptors (Lipinski definition) is 4. The Hall–Kier alpha value is -4.57. The molecule has 49 heavy (non-hydrogen) atoms. The molecule has 3 aromatic carbocycles. The minimum Gasteiger partial charge on any atom is -0.337 e. The van der Waals surface area contributed by atoms with Gasteiger partial charge >= 0.3 is 18.1 Å². The summed E-state index contributed by atoms with van der Waals surface area (Å²) in [5.41, 5.74) is 5.82. The molecule has 0 fully saturated rings. The van der Waals surface area contributed by atoms with Crippen molar-refractivity contribution in [1.82, 2.24) is 20.9 Å². The lowest BCUT2D eigenvalue weighted by atomic mass is 9.87. The highest BCUT2D eigenvalue weighted by Crippen LogP contribution is 2.25. The van der Waals surface area contributed by atoms with Crippen LogP contribution in [0.4, 0.5) is 31.4 Å². The first-order valence-corrected chi connectivity index (χ1v) is 17.1. The molecular weight excluding hydrogens is 614 g/mol. The highest BCUT2D eigenvalue weighted by molar-refractivity contribution is 5.90. The van der Waals surface area contributed by atoms with Crippen LogP contribution in [0, 0.1) is 0 Å². The number of hydrogen-bond donors (Lipinski definition) is 6. The normalized spacial score (nSPS) is 11.9. The standard InChI is InChI=1S/C39H57N7O3/c1-37(2,3)28-10-16-31(17-11-28)43-34(47)40-22-25-46(26-23-41-35(48)44-32-18-12-29(13-19-32)38(4,5)6)27-24-42-36(49)45-33-20-14-30(15-21-33)39(7,8)9/h10-21H,22-27H2,1-9H3,(H2,40,43,47)(H2,41,44,48)(H2,42,45,49). The second kappa shape index (κ2) is 17.2. The summed E-state index contributed by atoms with van der Waals surface area (Å²) < 4.78 is 0. The molecule has 6 amide bonds. The zero-order valence-corrected chi connectivity index (χ0v) is 30.8. The molecule has 0 aliphatic heterocycles. The summed E-state index contributed by atoms with van der Waals surface area (Å²) >= 11 is 0. The molecule has 3 rings (SSSR count). The van der Waals surface area contributed by atoms with Gasteiger partial charge in [-0.25, -0.2) is 14.4 Å². The van der Waals surface area contributed by atoms with Gasteiger partial charge in [-0.3, -0.25) is 4.90 Å². The number of rotatable bonds is 12. The fourth-order valence-electron chi connectivity index (χ4n) is 5.00. The molecule has 0 atom stereocenters. The van der Waals surface area contributed by atoms with E-state index in [1.807, 2.05) is 72.8 Å². The monoisotopic (exact) mass is 671 g/mol. The van der Waals surface area contributed by atoms with Crippen LogP contribution in [0.1, 0.15) is 79.0 Å². The lowest BCUT2D eigenvalue weighted by Crippen LogP contribution is -2.44. The molecule has 0 heterocycles. The first-order valence-electron chi connectivity index (χ1n) is 17.1. The maximum absolute atomic E-state index is 12.6. The summed E-state index contributed by atoms with van der Waals surface area (Å²) in [5.74, 6) is 0. The van der Waals surface area contributed by atoms with Crippen LogP contribution >= 0.6 is 0 Å². The van der Waals surface area contributed by atoms with Crippen LogP contribution in [0.25, 0.3) is 0 Å². The van der Waals surface area contributed by atoms with Gasteiger partial charge in [-0.05, 0) is 69.3 Å². The average Bonchev–Trinajstić information content (AvgIpc) is 3.00. The van der Waals surface area contributed by atoms with Crippen molar-refractivity contribution in [3.8, 4) is 0 Å². The Kier molecular flexibility index (Phi) is 13.6. The molecule has 6 N–H and O–H groups in total. The highest BCUT2D eigenvalue weighted by Gasteiger charge is 2.16. The third-order valence-electron chi connectivity index (χ3n) is 8.17. The van der Waals surface area contributed by atoms with Gasteiger partial charge in [0, 0.05) is 56.3 Å². The van der Waals surface area contributed by atoms with Crippen LogP contribution in [0.15, 0.2) is 72.8 Å². The zero-order valence-electron chi connectivity index (χ0n) is 30.8. The maximum Gasteiger partial charge on any atom is 0.319 e. The average molecular weight is 672 g/mol. The number of nitrogens with zero attached hydrogens (tertiary/aromatic N) is 1. The van der Waals surface area contributed by atoms with Gasteiger partial charge in [0.15, 0.2) is 0 Å². The van der Waals surface area contributed by atoms with Crippen LogP contribution in [0.2, 0.25) is 0 Å². The number of carbonyl (C=O) groups excluding carboxylic acids is 3. The third-order valence-corrected chi connectivity index (χ3v) is 8.17. The van der Waals surface area contributed by atoms with Crippen molar-refractivity contribution in [3.63, 3.8) is 0 Å². The Morgan fingerprint density at radius 1 is 0.429 bits per heavy atom. The molecule has 10 nitrogen and oxygen atoms in total. The minimum absolute atomic E-state index is 0.0325. The van der Waals surface area contributed by atoms with Gasteiger partial charge in [-0.15, -0.1) is 0 Å². The van der Waals surface area contributed by atoms with E-state index in [4.69, 9.17) is 0 Å². The molecule has 0 radical (unpaired) electrons. The summed E-state index contributed by atoms with van der Waals surface area (Å²) in [7, 11) is 0. The SMILES string of the molecule is CC(C)(C)c1ccc(NC(=O)NCCN(CCNC(=O)Nc2ccc(C(C)(C)C)cc2)CCNC(=O)Nc2ccc(C(C)(C)C)cc2)cc1. The lowest BCUT2D eigenvalue weighted by molar-refractivity contribution is 0.238. The van der Waals surface area contributed by atoms with Gasteiger partial charge in [0.25, 0.3) is 0 Å². The van der Waals surface area contributed by atoms with Crippen molar-refractivity contribution >= 4 is 35.2 Å². The van der Waals surface area contributed by atoms with E-state index < -0.39 is 0 Å². The summed E-state index contributed by atoms with van der Waals surface area (Å²) in [6.45, 7) is 22.0. The van der Waals surface area contributed by atoms with E-state index in [9.17, 15) is 14.4 Å². The van der Waals surface area contributed by atoms with Crippen molar-refractivity contribution in [1.29, 1.82) is 0 Å². The molecule has 3 aromatic rings. The van der Waals surface area contributed by atoms with E-state index in [0.29, 0.717) is 56.3 Å². The number of nitrogens with one attached hydrogen (secondary N) is 6. The summed E-state index contributed by atoms with van der Waals surface area (Å²) in [6, 6.07) is 22.6. The van der Waals surface area contributed by atoms with Crippen LogP contribution < -0.4 is 31.9 Å². The first kappa shape index (κ1) is 38.9. The van der Waals surface area contributed by atoms with Crippen LogP contribution in [-0.2, 0) is 16.2 Å². The Balaban J connectivity index is 1.50. The summed E-state index contributed by atoms with van der Waals surface area (Å²) in [5, 5.41) is 17.4. The second-order valence-corrected chi connectivity index (χ2v) is 15.5. The number of anilines is 3. The molecule has 266 valence electrons. The molecule has 0 spiro atoms. The van der Waals surface area contributed by atoms with E-state index >= 15 is 0 Å². The van der Waals surface area contributed by atoms with Gasteiger partial charge in [0.1, 0.15) is 0 Å². The molecule has 0 aliphatic rings. The lowest BCUT2D eigenvalue weighted by Gasteiger charge is -2.23. The molecular formula is C39H57N7O3. The molecule has 0 unspecified atom stereocenters. The van der Waals surface area contributed by atoms with E-state index in [2.05, 4.69) is 99.1 Å². The van der Waals surface area contributed by atoms with Gasteiger partial charge in [0.05, 0.1) is 0 Å². The molecule has 0 bridgehead atoms. The maximum atomic E-state index is 12.6. The highest BCUT2D eigenvalue weighted by atomic mass is 16.2. The van der Waals surface area contributed by atoms with Gasteiger partial charge in [-0.2, -0.15) is 0 Å². The van der Waals surface area contributed by atoms with Gasteiger partial charge < -0.3 is 31.9 Å². The number of urea groups is 3. The fourth-order valence-corrected chi connectivity index (χ4v) is 5.00. The molecule has 0 aromatic heterocycles. The first-order chi connectivity index (χ1) is 22.9. The third kappa shape index (κ3) is 13.8. The van der Waals surface area contributed by atoms with Crippen molar-refractivity contribution < 1.29 is 14.4 Å². The largest absolute Gasteiger partial charge is 0.337 e. The Morgan fingerprint density at radius 2 is 0.653 bits per heavy atom. The predicted molar refractivity (Wildman–Crippen MR) is 203 cm³/mol. The topological polar surface area (TPSA) is 127 Å². The van der Waals surface area contributed by atoms with Crippen molar-refractivity contribution in [3.05, 3.63) is 89.5 Å². The van der Waals surface area contributed by atoms with E-state index in [1.54, 1.807) is 0 Å². The van der Waals surface area contributed by atoms with Crippen LogP contribution in [0.5, 0.6) is 0 Å². The molecule has 0 aliphatic carbocycles. The van der Waals surface area contributed by atoms with Crippen molar-refractivity contribution in [2.45, 2.75) is 78.6 Å². The zero-order chi connectivity index (χ0) is 36.2. The molecule has 0 saturated carbocycles. The predicted octanol–water partition coefficient (Wildman–Crippen LogP) is 7.65. The quantitative estimate of drug-likeness (QED) is 0.118. The fraction of sp³-hybridized carbons (Fsp3) is 0.462. The molecule has 0 saturated heterocycles. The van der Waals surface area contributed by atoms with Crippen LogP contribution in [0.3, 0.4) is 0 Å². The van der Waals surface area contributed by atoms with Crippen molar-refractivity contribution in [2.24, 2.45) is 0 Å². The van der Waals surface area contributed by atoms with E-state index in [-0.39, 0.29) is 34.3 Å². The Bertz CT molecular complexity index is 1310. The van der Waals surface area contributed by atoms with E-state index in [1.165, 1.54) is 16.7 Å². The minimum atomic E-state index is -0.298. The smallest absolute Gasteiger partial charge is 0.319 e. The number of carbonyl (C=O) groups is 3. The van der Waals surface area contributed by atoms with Crippen molar-refractivity contribution in [2.75, 3.05) is 55.2 Å². The van der Waals surface area contributed by atoms with Crippen LogP contribution in [-0.4, -0.2) is 62.3 Å². The van der Waals surface area contributed by atoms with E-state index in [0.717, 1.165) is 0 Å². The Labute approximate surface area is 293 Å².